The van der Waals surface area contributed by atoms with Gasteiger partial charge < -0.3 is 19.5 Å². The van der Waals surface area contributed by atoms with Crippen LogP contribution in [0.5, 0.6) is 0 Å². The second-order valence-electron chi connectivity index (χ2n) is 8.48. The summed E-state index contributed by atoms with van der Waals surface area (Å²) < 4.78 is 30.0. The Kier molecular flexibility index (Phi) is 10.8. The van der Waals surface area contributed by atoms with E-state index >= 15 is 0 Å². The SMILES string of the molecule is CCOP(=O)(CC(Cc1ccc(-c2ccccc2)cc1)C(=O)C(OC(=O)CN)c1ccccc1)OCC. The molecule has 0 fully saturated rings. The highest BCUT2D eigenvalue weighted by Crippen LogP contribution is 2.50. The molecule has 0 bridgehead atoms. The molecule has 2 N–H and O–H groups in total. The van der Waals surface area contributed by atoms with Crippen LogP contribution in [0.15, 0.2) is 84.9 Å². The van der Waals surface area contributed by atoms with Gasteiger partial charge in [-0.15, -0.1) is 0 Å². The number of carbonyl (C=O) groups is 2. The van der Waals surface area contributed by atoms with Crippen LogP contribution in [0.3, 0.4) is 0 Å². The lowest BCUT2D eigenvalue weighted by Crippen LogP contribution is -2.32. The normalized spacial score (nSPS) is 13.1. The summed E-state index contributed by atoms with van der Waals surface area (Å²) in [5.41, 5.74) is 8.98. The summed E-state index contributed by atoms with van der Waals surface area (Å²) in [5.74, 6) is -1.90. The Hall–Kier alpha value is -3.09. The average molecular weight is 524 g/mol. The van der Waals surface area contributed by atoms with Gasteiger partial charge in [0.1, 0.15) is 0 Å². The van der Waals surface area contributed by atoms with Crippen molar-refractivity contribution in [3.8, 4) is 11.1 Å². The molecule has 8 heteroatoms. The first-order chi connectivity index (χ1) is 17.9. The zero-order chi connectivity index (χ0) is 26.7. The van der Waals surface area contributed by atoms with Crippen LogP contribution in [0.2, 0.25) is 0 Å². The number of carbonyl (C=O) groups excluding carboxylic acids is 2. The van der Waals surface area contributed by atoms with E-state index in [1.54, 1.807) is 44.2 Å². The minimum Gasteiger partial charge on any atom is -0.448 e. The maximum atomic E-state index is 13.9. The van der Waals surface area contributed by atoms with Gasteiger partial charge in [0.15, 0.2) is 11.9 Å². The minimum atomic E-state index is -3.58. The Morgan fingerprint density at radius 2 is 1.35 bits per heavy atom. The first-order valence-corrected chi connectivity index (χ1v) is 14.1. The van der Waals surface area contributed by atoms with E-state index in [1.807, 2.05) is 54.6 Å². The monoisotopic (exact) mass is 523 g/mol. The Morgan fingerprint density at radius 1 is 0.811 bits per heavy atom. The van der Waals surface area contributed by atoms with Crippen LogP contribution in [0.25, 0.3) is 11.1 Å². The summed E-state index contributed by atoms with van der Waals surface area (Å²) in [6.45, 7) is 3.43. The van der Waals surface area contributed by atoms with E-state index in [2.05, 4.69) is 0 Å². The van der Waals surface area contributed by atoms with Gasteiger partial charge in [-0.1, -0.05) is 84.9 Å². The third kappa shape index (κ3) is 8.20. The molecule has 0 radical (unpaired) electrons. The largest absolute Gasteiger partial charge is 0.448 e. The highest BCUT2D eigenvalue weighted by Gasteiger charge is 2.37. The van der Waals surface area contributed by atoms with Crippen molar-refractivity contribution in [1.82, 2.24) is 0 Å². The van der Waals surface area contributed by atoms with Crippen LogP contribution < -0.4 is 5.73 Å². The van der Waals surface area contributed by atoms with Gasteiger partial charge in [0.2, 0.25) is 0 Å². The van der Waals surface area contributed by atoms with E-state index < -0.39 is 25.6 Å². The van der Waals surface area contributed by atoms with Crippen molar-refractivity contribution in [1.29, 1.82) is 0 Å². The van der Waals surface area contributed by atoms with E-state index in [-0.39, 0.29) is 38.1 Å². The Labute approximate surface area is 218 Å². The van der Waals surface area contributed by atoms with Gasteiger partial charge in [-0.25, -0.2) is 0 Å². The van der Waals surface area contributed by atoms with Gasteiger partial charge in [0, 0.05) is 5.92 Å². The number of rotatable bonds is 14. The van der Waals surface area contributed by atoms with Crippen LogP contribution in [0, 0.1) is 5.92 Å². The molecule has 37 heavy (non-hydrogen) atoms. The number of hydrogen-bond donors (Lipinski definition) is 1. The average Bonchev–Trinajstić information content (AvgIpc) is 2.92. The predicted octanol–water partition coefficient (Wildman–Crippen LogP) is 5.59. The van der Waals surface area contributed by atoms with Crippen molar-refractivity contribution in [2.24, 2.45) is 11.7 Å². The van der Waals surface area contributed by atoms with Gasteiger partial charge in [-0.2, -0.15) is 0 Å². The smallest absolute Gasteiger partial charge is 0.331 e. The molecule has 0 aliphatic carbocycles. The van der Waals surface area contributed by atoms with Crippen molar-refractivity contribution < 1.29 is 27.9 Å². The topological polar surface area (TPSA) is 105 Å². The van der Waals surface area contributed by atoms with E-state index in [0.717, 1.165) is 16.7 Å². The first kappa shape index (κ1) is 28.5. The van der Waals surface area contributed by atoms with E-state index in [4.69, 9.17) is 19.5 Å². The lowest BCUT2D eigenvalue weighted by Gasteiger charge is -2.26. The fourth-order valence-electron chi connectivity index (χ4n) is 4.12. The molecular weight excluding hydrogens is 489 g/mol. The number of esters is 1. The predicted molar refractivity (Wildman–Crippen MR) is 144 cm³/mol. The zero-order valence-electron chi connectivity index (χ0n) is 21.2. The highest BCUT2D eigenvalue weighted by molar-refractivity contribution is 7.53. The van der Waals surface area contributed by atoms with Gasteiger partial charge in [0.25, 0.3) is 0 Å². The van der Waals surface area contributed by atoms with Crippen molar-refractivity contribution in [2.75, 3.05) is 25.9 Å². The van der Waals surface area contributed by atoms with Gasteiger partial charge in [-0.05, 0) is 42.5 Å². The molecule has 0 saturated carbocycles. The number of benzene rings is 3. The van der Waals surface area contributed by atoms with Crippen molar-refractivity contribution >= 4 is 19.3 Å². The summed E-state index contributed by atoms with van der Waals surface area (Å²) in [5, 5.41) is 0. The third-order valence-corrected chi connectivity index (χ3v) is 8.01. The van der Waals surface area contributed by atoms with Gasteiger partial charge in [0.05, 0.1) is 25.9 Å². The highest BCUT2D eigenvalue weighted by atomic mass is 31.2. The molecule has 3 rings (SSSR count). The molecular formula is C29H34NO6P. The summed E-state index contributed by atoms with van der Waals surface area (Å²) in [7, 11) is -3.58. The molecule has 0 heterocycles. The minimum absolute atomic E-state index is 0.141. The van der Waals surface area contributed by atoms with Crippen LogP contribution in [0.1, 0.15) is 31.1 Å². The lowest BCUT2D eigenvalue weighted by molar-refractivity contribution is -0.155. The van der Waals surface area contributed by atoms with Crippen molar-refractivity contribution in [2.45, 2.75) is 26.4 Å². The van der Waals surface area contributed by atoms with Crippen molar-refractivity contribution in [3.05, 3.63) is 96.1 Å². The number of Topliss-reactive ketones (excluding diaryl/α,β-unsaturated/α-hetero) is 1. The van der Waals surface area contributed by atoms with Crippen molar-refractivity contribution in [3.63, 3.8) is 0 Å². The molecule has 3 aromatic rings. The quantitative estimate of drug-likeness (QED) is 0.217. The fourth-order valence-corrected chi connectivity index (χ4v) is 6.04. The molecule has 0 saturated heterocycles. The summed E-state index contributed by atoms with van der Waals surface area (Å²) >= 11 is 0. The molecule has 196 valence electrons. The van der Waals surface area contributed by atoms with E-state index in [0.29, 0.717) is 5.56 Å². The number of ether oxygens (including phenoxy) is 1. The summed E-state index contributed by atoms with van der Waals surface area (Å²) in [6.07, 6.45) is -1.07. The molecule has 0 amide bonds. The standard InChI is InChI=1S/C29H34NO6P/c1-3-34-37(33,35-4-2)21-26(19-22-15-17-24(18-16-22)23-11-7-5-8-12-23)28(32)29(36-27(31)20-30)25-13-9-6-10-14-25/h5-18,26,29H,3-4,19-21,30H2,1-2H3. The number of nitrogens with two attached hydrogens (primary N) is 1. The molecule has 7 nitrogen and oxygen atoms in total. The summed E-state index contributed by atoms with van der Waals surface area (Å²) in [4.78, 5) is 26.1. The van der Waals surface area contributed by atoms with Crippen LogP contribution in [-0.4, -0.2) is 37.7 Å². The lowest BCUT2D eigenvalue weighted by atomic mass is 9.90. The fraction of sp³-hybridized carbons (Fsp3) is 0.310. The maximum Gasteiger partial charge on any atom is 0.331 e. The molecule has 0 aliphatic rings. The van der Waals surface area contributed by atoms with E-state index in [9.17, 15) is 14.2 Å². The molecule has 2 unspecified atom stereocenters. The number of ketones is 1. The maximum absolute atomic E-state index is 13.9. The Balaban J connectivity index is 1.95. The van der Waals surface area contributed by atoms with E-state index in [1.165, 1.54) is 0 Å². The molecule has 0 aromatic heterocycles. The molecule has 0 spiro atoms. The third-order valence-electron chi connectivity index (χ3n) is 5.82. The van der Waals surface area contributed by atoms with Crippen LogP contribution >= 0.6 is 7.60 Å². The molecule has 0 aliphatic heterocycles. The molecule has 3 aromatic carbocycles. The second-order valence-corrected chi connectivity index (χ2v) is 10.6. The Morgan fingerprint density at radius 3 is 1.89 bits per heavy atom. The second kappa shape index (κ2) is 14.0. The van der Waals surface area contributed by atoms with Crippen LogP contribution in [-0.2, 0) is 34.4 Å². The summed E-state index contributed by atoms with van der Waals surface area (Å²) in [6, 6.07) is 26.6. The van der Waals surface area contributed by atoms with Gasteiger partial charge >= 0.3 is 13.6 Å². The number of hydrogen-bond acceptors (Lipinski definition) is 7. The first-order valence-electron chi connectivity index (χ1n) is 12.4. The zero-order valence-corrected chi connectivity index (χ0v) is 22.1. The van der Waals surface area contributed by atoms with Crippen LogP contribution in [0.4, 0.5) is 0 Å². The molecule has 2 atom stereocenters. The Bertz CT molecular complexity index is 1170. The van der Waals surface area contributed by atoms with Gasteiger partial charge in [-0.3, -0.25) is 14.2 Å².